The highest BCUT2D eigenvalue weighted by Crippen LogP contribution is 2.60. The van der Waals surface area contributed by atoms with Crippen LogP contribution in [0.2, 0.25) is 0 Å². The average molecular weight is 330 g/mol. The SMILES string of the molecule is CCOC(=O)CC1C(=O)C2(CC(=O)OCC)CC1c1ccccc12. The molecular weight excluding hydrogens is 308 g/mol. The zero-order valence-corrected chi connectivity index (χ0v) is 14.0. The Balaban J connectivity index is 1.94. The lowest BCUT2D eigenvalue weighted by Gasteiger charge is -2.30. The molecule has 0 aromatic heterocycles. The Hall–Kier alpha value is -2.17. The molecule has 5 heteroatoms. The molecule has 3 rings (SSSR count). The van der Waals surface area contributed by atoms with E-state index in [1.165, 1.54) is 0 Å². The summed E-state index contributed by atoms with van der Waals surface area (Å²) in [6.07, 6.45) is 0.705. The Labute approximate surface area is 141 Å². The summed E-state index contributed by atoms with van der Waals surface area (Å²) in [5.74, 6) is -1.17. The molecule has 0 radical (unpaired) electrons. The number of Topliss-reactive ketones (excluding diaryl/α,β-unsaturated/α-hetero) is 1. The van der Waals surface area contributed by atoms with Gasteiger partial charge in [-0.3, -0.25) is 14.4 Å². The number of carbonyl (C=O) groups excluding carboxylic acids is 3. The lowest BCUT2D eigenvalue weighted by atomic mass is 9.72. The number of rotatable bonds is 6. The Morgan fingerprint density at radius 2 is 1.79 bits per heavy atom. The maximum absolute atomic E-state index is 13.1. The quantitative estimate of drug-likeness (QED) is 0.750. The van der Waals surface area contributed by atoms with Gasteiger partial charge in [0.05, 0.1) is 31.5 Å². The molecule has 3 atom stereocenters. The first-order chi connectivity index (χ1) is 11.5. The Morgan fingerprint density at radius 3 is 2.50 bits per heavy atom. The molecule has 1 aromatic carbocycles. The van der Waals surface area contributed by atoms with E-state index in [0.717, 1.165) is 11.1 Å². The fraction of sp³-hybridized carbons (Fsp3) is 0.526. The molecular formula is C19H22O5. The molecule has 0 N–H and O–H groups in total. The molecule has 0 heterocycles. The fourth-order valence-electron chi connectivity index (χ4n) is 4.33. The van der Waals surface area contributed by atoms with E-state index in [4.69, 9.17) is 9.47 Å². The van der Waals surface area contributed by atoms with Gasteiger partial charge < -0.3 is 9.47 Å². The van der Waals surface area contributed by atoms with Crippen LogP contribution >= 0.6 is 0 Å². The molecule has 2 aliphatic carbocycles. The van der Waals surface area contributed by atoms with Gasteiger partial charge in [-0.2, -0.15) is 0 Å². The van der Waals surface area contributed by atoms with Crippen molar-refractivity contribution in [3.8, 4) is 0 Å². The zero-order valence-electron chi connectivity index (χ0n) is 14.0. The van der Waals surface area contributed by atoms with Gasteiger partial charge in [-0.05, 0) is 37.3 Å². The summed E-state index contributed by atoms with van der Waals surface area (Å²) in [4.78, 5) is 37.1. The van der Waals surface area contributed by atoms with Crippen LogP contribution in [0, 0.1) is 5.92 Å². The van der Waals surface area contributed by atoms with E-state index >= 15 is 0 Å². The van der Waals surface area contributed by atoms with Crippen LogP contribution in [0.3, 0.4) is 0 Å². The van der Waals surface area contributed by atoms with Crippen LogP contribution in [0.15, 0.2) is 24.3 Å². The highest BCUT2D eigenvalue weighted by Gasteiger charge is 2.61. The molecule has 1 aromatic rings. The Kier molecular flexibility index (Phi) is 4.43. The summed E-state index contributed by atoms with van der Waals surface area (Å²) in [6, 6.07) is 7.74. The summed E-state index contributed by atoms with van der Waals surface area (Å²) in [5, 5.41) is 0. The lowest BCUT2D eigenvalue weighted by Crippen LogP contribution is -2.38. The predicted molar refractivity (Wildman–Crippen MR) is 86.5 cm³/mol. The van der Waals surface area contributed by atoms with Crippen LogP contribution in [-0.2, 0) is 29.3 Å². The van der Waals surface area contributed by atoms with Crippen molar-refractivity contribution in [2.45, 2.75) is 44.4 Å². The maximum Gasteiger partial charge on any atom is 0.307 e. The number of hydrogen-bond donors (Lipinski definition) is 0. The minimum atomic E-state index is -0.843. The van der Waals surface area contributed by atoms with Crippen molar-refractivity contribution >= 4 is 17.7 Å². The van der Waals surface area contributed by atoms with E-state index < -0.39 is 11.3 Å². The third kappa shape index (κ3) is 2.52. The molecule has 3 unspecified atom stereocenters. The monoisotopic (exact) mass is 330 g/mol. The van der Waals surface area contributed by atoms with Crippen molar-refractivity contribution in [3.05, 3.63) is 35.4 Å². The topological polar surface area (TPSA) is 69.7 Å². The highest BCUT2D eigenvalue weighted by atomic mass is 16.5. The van der Waals surface area contributed by atoms with Crippen LogP contribution < -0.4 is 0 Å². The third-order valence-electron chi connectivity index (χ3n) is 5.18. The largest absolute Gasteiger partial charge is 0.466 e. The van der Waals surface area contributed by atoms with Gasteiger partial charge >= 0.3 is 11.9 Å². The maximum atomic E-state index is 13.1. The standard InChI is InChI=1S/C19H22O5/c1-3-23-16(20)9-13-14-10-19(18(13)22,11-17(21)24-4-2)15-8-6-5-7-12(14)15/h5-8,13-14H,3-4,9-11H2,1-2H3. The molecule has 1 saturated carbocycles. The molecule has 2 aliphatic rings. The molecule has 1 fully saturated rings. The van der Waals surface area contributed by atoms with E-state index in [2.05, 4.69) is 0 Å². The minimum absolute atomic E-state index is 0.0208. The van der Waals surface area contributed by atoms with Gasteiger partial charge in [-0.1, -0.05) is 24.3 Å². The van der Waals surface area contributed by atoms with Crippen molar-refractivity contribution in [1.82, 2.24) is 0 Å². The first kappa shape index (κ1) is 16.7. The number of esters is 2. The first-order valence-electron chi connectivity index (χ1n) is 8.48. The number of carbonyl (C=O) groups is 3. The summed E-state index contributed by atoms with van der Waals surface area (Å²) in [7, 11) is 0. The molecule has 0 saturated heterocycles. The van der Waals surface area contributed by atoms with Crippen LogP contribution in [0.4, 0.5) is 0 Å². The molecule has 24 heavy (non-hydrogen) atoms. The van der Waals surface area contributed by atoms with E-state index in [0.29, 0.717) is 19.6 Å². The van der Waals surface area contributed by atoms with Crippen LogP contribution in [0.25, 0.3) is 0 Å². The molecule has 0 amide bonds. The van der Waals surface area contributed by atoms with Crippen LogP contribution in [0.1, 0.15) is 50.2 Å². The second-order valence-electron chi connectivity index (χ2n) is 6.44. The highest BCUT2D eigenvalue weighted by molar-refractivity contribution is 6.02. The smallest absolute Gasteiger partial charge is 0.307 e. The zero-order chi connectivity index (χ0) is 17.3. The van der Waals surface area contributed by atoms with Crippen LogP contribution in [0.5, 0.6) is 0 Å². The molecule has 2 bridgehead atoms. The fourth-order valence-corrected chi connectivity index (χ4v) is 4.33. The number of fused-ring (bicyclic) bond motifs is 5. The third-order valence-corrected chi connectivity index (χ3v) is 5.18. The molecule has 128 valence electrons. The van der Waals surface area contributed by atoms with Gasteiger partial charge in [-0.25, -0.2) is 0 Å². The van der Waals surface area contributed by atoms with Crippen LogP contribution in [-0.4, -0.2) is 30.9 Å². The van der Waals surface area contributed by atoms with Gasteiger partial charge in [-0.15, -0.1) is 0 Å². The number of hydrogen-bond acceptors (Lipinski definition) is 5. The van der Waals surface area contributed by atoms with Gasteiger partial charge in [0.25, 0.3) is 0 Å². The number of ether oxygens (including phenoxy) is 2. The van der Waals surface area contributed by atoms with Gasteiger partial charge in [0, 0.05) is 5.92 Å². The van der Waals surface area contributed by atoms with E-state index in [9.17, 15) is 14.4 Å². The van der Waals surface area contributed by atoms with E-state index in [1.807, 2.05) is 24.3 Å². The van der Waals surface area contributed by atoms with E-state index in [-0.39, 0.29) is 36.5 Å². The van der Waals surface area contributed by atoms with Gasteiger partial charge in [0.1, 0.15) is 5.78 Å². The van der Waals surface area contributed by atoms with Crippen molar-refractivity contribution in [1.29, 1.82) is 0 Å². The average Bonchev–Trinajstić information content (AvgIpc) is 3.01. The van der Waals surface area contributed by atoms with Crippen molar-refractivity contribution in [2.24, 2.45) is 5.92 Å². The summed E-state index contributed by atoms with van der Waals surface area (Å²) in [5.41, 5.74) is 1.16. The second kappa shape index (κ2) is 6.38. The lowest BCUT2D eigenvalue weighted by molar-refractivity contribution is -0.148. The molecule has 0 spiro atoms. The van der Waals surface area contributed by atoms with Crippen molar-refractivity contribution < 1.29 is 23.9 Å². The molecule has 5 nitrogen and oxygen atoms in total. The summed E-state index contributed by atoms with van der Waals surface area (Å²) < 4.78 is 10.1. The molecule has 0 aliphatic heterocycles. The Bertz CT molecular complexity index is 680. The summed E-state index contributed by atoms with van der Waals surface area (Å²) in [6.45, 7) is 4.09. The van der Waals surface area contributed by atoms with Crippen molar-refractivity contribution in [2.75, 3.05) is 13.2 Å². The van der Waals surface area contributed by atoms with Gasteiger partial charge in [0.15, 0.2) is 0 Å². The normalized spacial score (nSPS) is 27.0. The number of benzene rings is 1. The predicted octanol–water partition coefficient (Wildman–Crippen LogP) is 2.52. The first-order valence-corrected chi connectivity index (χ1v) is 8.48. The minimum Gasteiger partial charge on any atom is -0.466 e. The van der Waals surface area contributed by atoms with E-state index in [1.54, 1.807) is 13.8 Å². The van der Waals surface area contributed by atoms with Gasteiger partial charge in [0.2, 0.25) is 0 Å². The second-order valence-corrected chi connectivity index (χ2v) is 6.44. The summed E-state index contributed by atoms with van der Waals surface area (Å²) >= 11 is 0. The number of ketones is 1. The van der Waals surface area contributed by atoms with Crippen molar-refractivity contribution in [3.63, 3.8) is 0 Å². The Morgan fingerprint density at radius 1 is 1.12 bits per heavy atom.